The lowest BCUT2D eigenvalue weighted by Gasteiger charge is -2.32. The highest BCUT2D eigenvalue weighted by Crippen LogP contribution is 2.23. The number of anilines is 1. The van der Waals surface area contributed by atoms with Crippen molar-refractivity contribution in [3.8, 4) is 5.75 Å². The zero-order valence-electron chi connectivity index (χ0n) is 17.3. The average Bonchev–Trinajstić information content (AvgIpc) is 2.75. The van der Waals surface area contributed by atoms with Crippen LogP contribution in [0.2, 0.25) is 5.15 Å². The van der Waals surface area contributed by atoms with E-state index in [1.165, 1.54) is 0 Å². The van der Waals surface area contributed by atoms with E-state index >= 15 is 0 Å². The molecule has 2 aromatic rings. The molecule has 1 aromatic heterocycles. The highest BCUT2D eigenvalue weighted by atomic mass is 35.5. The summed E-state index contributed by atoms with van der Waals surface area (Å²) in [5.74, 6) is 0.397. The van der Waals surface area contributed by atoms with E-state index in [1.807, 2.05) is 36.9 Å². The summed E-state index contributed by atoms with van der Waals surface area (Å²) in [4.78, 5) is 26.9. The number of ether oxygens (including phenoxy) is 1. The van der Waals surface area contributed by atoms with Crippen LogP contribution in [0.5, 0.6) is 5.75 Å². The van der Waals surface area contributed by atoms with Crippen LogP contribution in [0, 0.1) is 19.8 Å². The van der Waals surface area contributed by atoms with Crippen LogP contribution in [-0.2, 0) is 9.59 Å². The van der Waals surface area contributed by atoms with E-state index in [4.69, 9.17) is 16.3 Å². The van der Waals surface area contributed by atoms with Crippen LogP contribution in [0.1, 0.15) is 30.9 Å². The fraction of sp³-hybridized carbons (Fsp3) is 0.429. The van der Waals surface area contributed by atoms with Gasteiger partial charge in [-0.3, -0.25) is 20.4 Å². The van der Waals surface area contributed by atoms with Gasteiger partial charge in [-0.2, -0.15) is 0 Å². The molecule has 9 heteroatoms. The molecule has 1 saturated heterocycles. The molecule has 2 atom stereocenters. The number of aromatic nitrogens is 2. The zero-order chi connectivity index (χ0) is 21.7. The lowest BCUT2D eigenvalue weighted by molar-refractivity contribution is -0.134. The van der Waals surface area contributed by atoms with Gasteiger partial charge in [0.2, 0.25) is 5.91 Å². The van der Waals surface area contributed by atoms with E-state index < -0.39 is 12.0 Å². The molecule has 0 spiro atoms. The van der Waals surface area contributed by atoms with Gasteiger partial charge >= 0.3 is 0 Å². The molecule has 0 aliphatic carbocycles. The number of rotatable bonds is 5. The summed E-state index contributed by atoms with van der Waals surface area (Å²) in [6.07, 6.45) is 0.814. The Hall–Kier alpha value is -2.87. The molecule has 0 radical (unpaired) electrons. The van der Waals surface area contributed by atoms with Gasteiger partial charge in [-0.1, -0.05) is 23.7 Å². The molecule has 8 nitrogen and oxygen atoms in total. The van der Waals surface area contributed by atoms with Crippen molar-refractivity contribution >= 4 is 29.2 Å². The third-order valence-corrected chi connectivity index (χ3v) is 5.47. The maximum atomic E-state index is 12.6. The Balaban J connectivity index is 1.51. The molecule has 3 rings (SSSR count). The summed E-state index contributed by atoms with van der Waals surface area (Å²) >= 11 is 5.79. The number of nitrogens with one attached hydrogen (secondary N) is 2. The number of halogens is 1. The van der Waals surface area contributed by atoms with E-state index in [0.717, 1.165) is 30.5 Å². The second-order valence-corrected chi connectivity index (χ2v) is 7.82. The number of hydrogen-bond donors (Lipinski definition) is 2. The Bertz CT molecular complexity index is 906. The van der Waals surface area contributed by atoms with Gasteiger partial charge in [0.1, 0.15) is 5.75 Å². The van der Waals surface area contributed by atoms with Crippen LogP contribution < -0.4 is 20.5 Å². The third-order valence-electron chi connectivity index (χ3n) is 5.27. The predicted octanol–water partition coefficient (Wildman–Crippen LogP) is 2.58. The van der Waals surface area contributed by atoms with Gasteiger partial charge in [-0.05, 0) is 62.9 Å². The molecule has 0 saturated carbocycles. The molecule has 1 aliphatic heterocycles. The molecule has 2 amide bonds. The molecule has 2 heterocycles. The smallest absolute Gasteiger partial charge is 0.279 e. The van der Waals surface area contributed by atoms with Crippen molar-refractivity contribution in [1.29, 1.82) is 0 Å². The van der Waals surface area contributed by atoms with Gasteiger partial charge in [-0.25, -0.2) is 0 Å². The Labute approximate surface area is 180 Å². The molecule has 0 bridgehead atoms. The van der Waals surface area contributed by atoms with Crippen LogP contribution in [0.15, 0.2) is 30.3 Å². The second-order valence-electron chi connectivity index (χ2n) is 7.44. The summed E-state index contributed by atoms with van der Waals surface area (Å²) in [6, 6.07) is 9.13. The van der Waals surface area contributed by atoms with Gasteiger partial charge < -0.3 is 9.64 Å². The summed E-state index contributed by atoms with van der Waals surface area (Å²) in [5, 5.41) is 8.25. The molecular formula is C21H26ClN5O3. The number of benzene rings is 1. The number of carbonyl (C=O) groups excluding carboxylic acids is 2. The molecule has 1 fully saturated rings. The van der Waals surface area contributed by atoms with E-state index in [0.29, 0.717) is 23.3 Å². The van der Waals surface area contributed by atoms with Gasteiger partial charge in [0, 0.05) is 13.1 Å². The lowest BCUT2D eigenvalue weighted by Crippen LogP contribution is -2.51. The number of piperidine rings is 1. The first-order valence-corrected chi connectivity index (χ1v) is 10.3. The topological polar surface area (TPSA) is 96.5 Å². The first-order chi connectivity index (χ1) is 14.3. The van der Waals surface area contributed by atoms with Crippen molar-refractivity contribution in [2.75, 3.05) is 18.0 Å². The van der Waals surface area contributed by atoms with E-state index in [1.54, 1.807) is 19.1 Å². The van der Waals surface area contributed by atoms with Crippen LogP contribution in [0.4, 0.5) is 5.82 Å². The SMILES string of the molecule is Cc1cccc(O[C@H](C)C(=O)NNC(=O)[C@@H]2CCCN(c3ccc(Cl)nn3)C2)c1C. The number of hydrazine groups is 1. The van der Waals surface area contributed by atoms with E-state index in [9.17, 15) is 9.59 Å². The maximum Gasteiger partial charge on any atom is 0.279 e. The minimum Gasteiger partial charge on any atom is -0.481 e. The van der Waals surface area contributed by atoms with Crippen molar-refractivity contribution < 1.29 is 14.3 Å². The molecule has 1 aliphatic rings. The Kier molecular flexibility index (Phi) is 7.10. The van der Waals surface area contributed by atoms with Gasteiger partial charge in [0.25, 0.3) is 5.91 Å². The summed E-state index contributed by atoms with van der Waals surface area (Å²) in [5.41, 5.74) is 7.06. The number of aryl methyl sites for hydroxylation is 1. The van der Waals surface area contributed by atoms with Crippen molar-refractivity contribution in [3.63, 3.8) is 0 Å². The van der Waals surface area contributed by atoms with Crippen molar-refractivity contribution in [2.24, 2.45) is 5.92 Å². The van der Waals surface area contributed by atoms with Gasteiger partial charge in [0.15, 0.2) is 17.1 Å². The fourth-order valence-electron chi connectivity index (χ4n) is 3.30. The van der Waals surface area contributed by atoms with Gasteiger partial charge in [-0.15, -0.1) is 10.2 Å². The highest BCUT2D eigenvalue weighted by molar-refractivity contribution is 6.29. The van der Waals surface area contributed by atoms with Crippen LogP contribution in [0.3, 0.4) is 0 Å². The van der Waals surface area contributed by atoms with Gasteiger partial charge in [0.05, 0.1) is 5.92 Å². The summed E-state index contributed by atoms with van der Waals surface area (Å²) in [7, 11) is 0. The summed E-state index contributed by atoms with van der Waals surface area (Å²) in [6.45, 7) is 6.84. The molecule has 160 valence electrons. The molecule has 2 N–H and O–H groups in total. The van der Waals surface area contributed by atoms with Crippen molar-refractivity contribution in [1.82, 2.24) is 21.0 Å². The lowest BCUT2D eigenvalue weighted by atomic mass is 9.97. The molecule has 1 aromatic carbocycles. The van der Waals surface area contributed by atoms with E-state index in [-0.39, 0.29) is 11.8 Å². The number of amides is 2. The van der Waals surface area contributed by atoms with Crippen molar-refractivity contribution in [3.05, 3.63) is 46.6 Å². The molecule has 0 unspecified atom stereocenters. The largest absolute Gasteiger partial charge is 0.481 e. The first kappa shape index (κ1) is 21.8. The Morgan fingerprint density at radius 2 is 2.00 bits per heavy atom. The Morgan fingerprint density at radius 1 is 1.20 bits per heavy atom. The minimum absolute atomic E-state index is 0.242. The Morgan fingerprint density at radius 3 is 2.73 bits per heavy atom. The monoisotopic (exact) mass is 431 g/mol. The number of hydrogen-bond acceptors (Lipinski definition) is 6. The van der Waals surface area contributed by atoms with Crippen LogP contribution >= 0.6 is 11.6 Å². The number of nitrogens with zero attached hydrogens (tertiary/aromatic N) is 3. The normalized spacial score (nSPS) is 17.2. The summed E-state index contributed by atoms with van der Waals surface area (Å²) < 4.78 is 5.75. The average molecular weight is 432 g/mol. The van der Waals surface area contributed by atoms with E-state index in [2.05, 4.69) is 21.0 Å². The standard InChI is InChI=1S/C21H26ClN5O3/c1-13-6-4-8-17(14(13)2)30-15(3)20(28)25-26-21(29)16-7-5-11-27(12-16)19-10-9-18(22)23-24-19/h4,6,8-10,15-16H,5,7,11-12H2,1-3H3,(H,25,28)(H,26,29)/t15-,16-/m1/s1. The number of carbonyl (C=O) groups is 2. The quantitative estimate of drug-likeness (QED) is 0.706. The van der Waals surface area contributed by atoms with Crippen LogP contribution in [0.25, 0.3) is 0 Å². The van der Waals surface area contributed by atoms with Crippen LogP contribution in [-0.4, -0.2) is 41.2 Å². The fourth-order valence-corrected chi connectivity index (χ4v) is 3.40. The molecule has 30 heavy (non-hydrogen) atoms. The maximum absolute atomic E-state index is 12.6. The first-order valence-electron chi connectivity index (χ1n) is 9.92. The minimum atomic E-state index is -0.752. The zero-order valence-corrected chi connectivity index (χ0v) is 18.1. The predicted molar refractivity (Wildman–Crippen MR) is 114 cm³/mol. The second kappa shape index (κ2) is 9.75. The molecular weight excluding hydrogens is 406 g/mol. The third kappa shape index (κ3) is 5.38. The van der Waals surface area contributed by atoms with Crippen molar-refractivity contribution in [2.45, 2.75) is 39.7 Å². The highest BCUT2D eigenvalue weighted by Gasteiger charge is 2.27.